The molecule has 0 N–H and O–H groups in total. The van der Waals surface area contributed by atoms with Gasteiger partial charge in [-0.3, -0.25) is 19.0 Å². The Bertz CT molecular complexity index is 2220. The van der Waals surface area contributed by atoms with Crippen LogP contribution in [-0.2, 0) is 0 Å². The van der Waals surface area contributed by atoms with E-state index in [1.165, 1.54) is 55.3 Å². The molecule has 2 aromatic heterocycles. The second-order valence-corrected chi connectivity index (χ2v) is 12.2. The molecule has 0 bridgehead atoms. The highest BCUT2D eigenvalue weighted by atomic mass is 15.7. The van der Waals surface area contributed by atoms with Crippen LogP contribution in [0, 0.1) is 0 Å². The SMILES string of the molecule is c1ccc(B2c3c(n(-c4ccccc4)c4ccccc34)N3c4c(c5ccccc5n4-c4ccccc4)B(c4ccccc4)N23)cc1. The molecule has 46 heavy (non-hydrogen) atoms. The van der Waals surface area contributed by atoms with Crippen LogP contribution < -0.4 is 26.9 Å². The molecule has 0 radical (unpaired) electrons. The quantitative estimate of drug-likeness (QED) is 0.230. The van der Waals surface area contributed by atoms with E-state index in [4.69, 9.17) is 0 Å². The number of fused-ring (bicyclic) bond motifs is 9. The Morgan fingerprint density at radius 2 is 0.696 bits per heavy atom. The van der Waals surface area contributed by atoms with Crippen LogP contribution in [0.3, 0.4) is 0 Å². The summed E-state index contributed by atoms with van der Waals surface area (Å²) in [6.45, 7) is -0.0155. The monoisotopic (exact) mass is 586 g/mol. The van der Waals surface area contributed by atoms with Gasteiger partial charge < -0.3 is 0 Å². The topological polar surface area (TPSA) is 16.3 Å². The number of aromatic nitrogens is 2. The molecule has 0 amide bonds. The summed E-state index contributed by atoms with van der Waals surface area (Å²) in [5, 5.41) is 5.11. The van der Waals surface area contributed by atoms with Crippen LogP contribution in [0.1, 0.15) is 0 Å². The van der Waals surface area contributed by atoms with Crippen molar-refractivity contribution in [3.05, 3.63) is 170 Å². The maximum absolute atomic E-state index is 2.65. The van der Waals surface area contributed by atoms with E-state index in [1.807, 2.05) is 0 Å². The van der Waals surface area contributed by atoms with Crippen LogP contribution in [0.25, 0.3) is 33.2 Å². The number of benzene rings is 6. The van der Waals surface area contributed by atoms with Gasteiger partial charge in [-0.25, -0.2) is 0 Å². The fraction of sp³-hybridized carbons (Fsp3) is 0. The van der Waals surface area contributed by atoms with Crippen molar-refractivity contribution in [1.29, 1.82) is 0 Å². The van der Waals surface area contributed by atoms with Gasteiger partial charge in [0, 0.05) is 11.4 Å². The highest BCUT2D eigenvalue weighted by Gasteiger charge is 2.57. The van der Waals surface area contributed by atoms with Gasteiger partial charge in [-0.15, -0.1) is 0 Å². The molecule has 0 atom stereocenters. The number of nitrogens with zero attached hydrogens (tertiary/aromatic N) is 4. The molecule has 0 aliphatic carbocycles. The Labute approximate surface area is 268 Å². The van der Waals surface area contributed by atoms with E-state index >= 15 is 0 Å². The number of rotatable bonds is 4. The molecule has 0 spiro atoms. The first-order valence-electron chi connectivity index (χ1n) is 16.0. The predicted octanol–water partition coefficient (Wildman–Crippen LogP) is 6.17. The summed E-state index contributed by atoms with van der Waals surface area (Å²) < 4.78 is 4.95. The third-order valence-corrected chi connectivity index (χ3v) is 9.74. The van der Waals surface area contributed by atoms with E-state index in [-0.39, 0.29) is 13.7 Å². The number of anilines is 2. The van der Waals surface area contributed by atoms with Crippen molar-refractivity contribution in [3.8, 4) is 11.4 Å². The van der Waals surface area contributed by atoms with Crippen molar-refractivity contribution in [2.24, 2.45) is 0 Å². The van der Waals surface area contributed by atoms with Gasteiger partial charge in [0.2, 0.25) is 0 Å². The van der Waals surface area contributed by atoms with Crippen LogP contribution in [-0.4, -0.2) is 27.7 Å². The number of hydrazine groups is 1. The van der Waals surface area contributed by atoms with E-state index in [2.05, 4.69) is 189 Å². The summed E-state index contributed by atoms with van der Waals surface area (Å²) in [5.74, 6) is 2.39. The van der Waals surface area contributed by atoms with Gasteiger partial charge in [0.05, 0.1) is 11.0 Å². The molecular weight excluding hydrogens is 558 g/mol. The van der Waals surface area contributed by atoms with Crippen molar-refractivity contribution in [2.45, 2.75) is 0 Å². The van der Waals surface area contributed by atoms with Gasteiger partial charge in [-0.1, -0.05) is 144 Å². The molecule has 2 aliphatic heterocycles. The molecule has 2 aliphatic rings. The summed E-state index contributed by atoms with van der Waals surface area (Å²) >= 11 is 0. The first kappa shape index (κ1) is 25.6. The van der Waals surface area contributed by atoms with Gasteiger partial charge in [0.15, 0.2) is 0 Å². The number of para-hydroxylation sites is 4. The van der Waals surface area contributed by atoms with Gasteiger partial charge in [0.1, 0.15) is 11.6 Å². The molecule has 8 aromatic rings. The zero-order valence-corrected chi connectivity index (χ0v) is 25.1. The third kappa shape index (κ3) is 3.45. The van der Waals surface area contributed by atoms with Gasteiger partial charge in [0.25, 0.3) is 0 Å². The summed E-state index contributed by atoms with van der Waals surface area (Å²) in [6.07, 6.45) is 0. The van der Waals surface area contributed by atoms with E-state index in [0.29, 0.717) is 0 Å². The highest BCUT2D eigenvalue weighted by Crippen LogP contribution is 2.45. The minimum atomic E-state index is -0.00773. The Morgan fingerprint density at radius 3 is 1.11 bits per heavy atom. The largest absolute Gasteiger partial charge is 0.305 e. The summed E-state index contributed by atoms with van der Waals surface area (Å²) in [7, 11) is 0. The average molecular weight is 586 g/mol. The lowest BCUT2D eigenvalue weighted by Gasteiger charge is -2.33. The molecule has 214 valence electrons. The molecule has 0 fully saturated rings. The van der Waals surface area contributed by atoms with E-state index in [1.54, 1.807) is 0 Å². The van der Waals surface area contributed by atoms with Crippen molar-refractivity contribution < 1.29 is 0 Å². The highest BCUT2D eigenvalue weighted by molar-refractivity contribution is 7.02. The number of hydrogen-bond donors (Lipinski definition) is 0. The Kier molecular flexibility index (Phi) is 5.51. The summed E-state index contributed by atoms with van der Waals surface area (Å²) in [5.41, 5.74) is 9.97. The van der Waals surface area contributed by atoms with Crippen LogP contribution >= 0.6 is 0 Å². The maximum Gasteiger partial charge on any atom is 0.305 e. The lowest BCUT2D eigenvalue weighted by Crippen LogP contribution is -2.64. The smallest absolute Gasteiger partial charge is 0.295 e. The fourth-order valence-corrected chi connectivity index (χ4v) is 8.01. The van der Waals surface area contributed by atoms with E-state index in [0.717, 1.165) is 11.4 Å². The predicted molar refractivity (Wildman–Crippen MR) is 193 cm³/mol. The second kappa shape index (κ2) is 9.90. The van der Waals surface area contributed by atoms with Crippen LogP contribution in [0.2, 0.25) is 0 Å². The fourth-order valence-electron chi connectivity index (χ4n) is 8.01. The molecule has 0 saturated heterocycles. The minimum Gasteiger partial charge on any atom is -0.295 e. The first-order valence-corrected chi connectivity index (χ1v) is 16.0. The zero-order valence-electron chi connectivity index (χ0n) is 25.1. The first-order chi connectivity index (χ1) is 22.9. The van der Waals surface area contributed by atoms with Crippen molar-refractivity contribution >= 4 is 69.0 Å². The summed E-state index contributed by atoms with van der Waals surface area (Å²) in [6, 6.07) is 61.6. The molecule has 6 aromatic carbocycles. The van der Waals surface area contributed by atoms with Crippen LogP contribution in [0.4, 0.5) is 11.6 Å². The van der Waals surface area contributed by atoms with Crippen LogP contribution in [0.15, 0.2) is 170 Å². The molecule has 10 rings (SSSR count). The van der Waals surface area contributed by atoms with Crippen molar-refractivity contribution in [2.75, 3.05) is 5.01 Å². The lowest BCUT2D eigenvalue weighted by atomic mass is 9.39. The minimum absolute atomic E-state index is 0.00773. The zero-order chi connectivity index (χ0) is 30.2. The Morgan fingerprint density at radius 1 is 0.348 bits per heavy atom. The molecular formula is C40H28B2N4. The maximum atomic E-state index is 2.65. The van der Waals surface area contributed by atoms with Crippen molar-refractivity contribution in [3.63, 3.8) is 0 Å². The van der Waals surface area contributed by atoms with Gasteiger partial charge >= 0.3 is 13.7 Å². The molecule has 6 heteroatoms. The molecule has 0 unspecified atom stereocenters. The van der Waals surface area contributed by atoms with E-state index < -0.39 is 0 Å². The van der Waals surface area contributed by atoms with Gasteiger partial charge in [-0.05, 0) is 58.1 Å². The standard InChI is InChI=1S/C40H28B2N4/c1-5-17-29(18-6-1)41-37-33-25-13-15-27-35(33)43(31-21-9-3-10-22-31)39(37)45-40-38(42(46(41)45)30-19-7-2-8-20-30)34-26-14-16-28-36(34)44(40)32-23-11-4-12-24-32/h1-28H. The molecule has 4 heterocycles. The summed E-state index contributed by atoms with van der Waals surface area (Å²) in [4.78, 5) is 2.65. The molecule has 4 nitrogen and oxygen atoms in total. The lowest BCUT2D eigenvalue weighted by molar-refractivity contribution is 0.689. The normalized spacial score (nSPS) is 13.9. The van der Waals surface area contributed by atoms with E-state index in [9.17, 15) is 0 Å². The number of hydrogen-bond acceptors (Lipinski definition) is 2. The van der Waals surface area contributed by atoms with Crippen molar-refractivity contribution in [1.82, 2.24) is 14.0 Å². The van der Waals surface area contributed by atoms with Gasteiger partial charge in [-0.2, -0.15) is 0 Å². The second-order valence-electron chi connectivity index (χ2n) is 12.2. The molecule has 0 saturated carbocycles. The Balaban J connectivity index is 1.40. The Hall–Kier alpha value is -5.71. The van der Waals surface area contributed by atoms with Crippen LogP contribution in [0.5, 0.6) is 0 Å². The average Bonchev–Trinajstić information content (AvgIpc) is 3.84. The third-order valence-electron chi connectivity index (χ3n) is 9.74.